The summed E-state index contributed by atoms with van der Waals surface area (Å²) in [6.07, 6.45) is 7.36. The number of benzene rings is 2. The minimum absolute atomic E-state index is 0.0643. The molecular weight excluding hydrogens is 847 g/mol. The van der Waals surface area contributed by atoms with Gasteiger partial charge in [0.15, 0.2) is 0 Å². The van der Waals surface area contributed by atoms with E-state index in [-0.39, 0.29) is 20.9 Å². The van der Waals surface area contributed by atoms with Crippen LogP contribution in [0.2, 0.25) is 0 Å². The van der Waals surface area contributed by atoms with Crippen LogP contribution in [0, 0.1) is 0 Å². The number of carbonyl (C=O) groups is 4. The van der Waals surface area contributed by atoms with Crippen LogP contribution in [-0.4, -0.2) is 100 Å². The van der Waals surface area contributed by atoms with Crippen LogP contribution in [0.15, 0.2) is 58.3 Å². The average Bonchev–Trinajstić information content (AvgIpc) is 3.79. The Morgan fingerprint density at radius 3 is 1.55 bits per heavy atom. The number of rotatable bonds is 12. The second-order valence-corrected chi connectivity index (χ2v) is 20.9. The topological polar surface area (TPSA) is 222 Å². The number of thiophene rings is 2. The molecule has 60 heavy (non-hydrogen) atoms. The first kappa shape index (κ1) is 45.0. The lowest BCUT2D eigenvalue weighted by Crippen LogP contribution is -2.47. The van der Waals surface area contributed by atoms with Gasteiger partial charge in [0.1, 0.15) is 10.0 Å². The molecule has 0 radical (unpaired) electrons. The van der Waals surface area contributed by atoms with Gasteiger partial charge < -0.3 is 27.0 Å². The highest BCUT2D eigenvalue weighted by molar-refractivity contribution is 7.89. The number of nitrogens with zero attached hydrogens (tertiary/aromatic N) is 3. The van der Waals surface area contributed by atoms with Gasteiger partial charge in [-0.05, 0) is 106 Å². The Kier molecular flexibility index (Phi) is 14.3. The van der Waals surface area contributed by atoms with E-state index in [9.17, 15) is 36.0 Å². The summed E-state index contributed by atoms with van der Waals surface area (Å²) < 4.78 is 54.3. The minimum atomic E-state index is -3.68. The number of sulfonamides is 2. The zero-order chi connectivity index (χ0) is 43.4. The van der Waals surface area contributed by atoms with Gasteiger partial charge in [0.05, 0.1) is 20.9 Å². The van der Waals surface area contributed by atoms with Crippen molar-refractivity contribution in [1.29, 1.82) is 0 Å². The number of likely N-dealkylation sites (N-methyl/N-ethyl adjacent to an activating group) is 1. The summed E-state index contributed by atoms with van der Waals surface area (Å²) in [5.74, 6) is -2.04. The maximum Gasteiger partial charge on any atom is 0.256 e. The van der Waals surface area contributed by atoms with E-state index in [0.29, 0.717) is 60.4 Å². The van der Waals surface area contributed by atoms with Crippen LogP contribution in [-0.2, 0) is 45.7 Å². The predicted molar refractivity (Wildman–Crippen MR) is 234 cm³/mol. The van der Waals surface area contributed by atoms with Crippen LogP contribution in [0.4, 0.5) is 10.0 Å². The fourth-order valence-corrected chi connectivity index (χ4v) is 13.2. The number of hydrogen-bond donors (Lipinski definition) is 4. The Morgan fingerprint density at radius 2 is 1.10 bits per heavy atom. The first-order chi connectivity index (χ1) is 28.6. The fraction of sp³-hybridized carbons (Fsp3) is 0.415. The quantitative estimate of drug-likeness (QED) is 0.151. The number of piperazine rings is 1. The van der Waals surface area contributed by atoms with Gasteiger partial charge in [0, 0.05) is 60.1 Å². The van der Waals surface area contributed by atoms with Crippen molar-refractivity contribution in [3.8, 4) is 0 Å². The van der Waals surface area contributed by atoms with Gasteiger partial charge in [-0.15, -0.1) is 22.7 Å². The number of anilines is 2. The highest BCUT2D eigenvalue weighted by atomic mass is 32.2. The second kappa shape index (κ2) is 19.0. The molecule has 2 aromatic heterocycles. The summed E-state index contributed by atoms with van der Waals surface area (Å²) in [4.78, 5) is 54.2. The number of nitrogens with two attached hydrogens (primary N) is 2. The van der Waals surface area contributed by atoms with Crippen molar-refractivity contribution in [2.75, 3.05) is 56.9 Å². The lowest BCUT2D eigenvalue weighted by molar-refractivity contribution is 0.0989. The molecule has 0 saturated carbocycles. The molecule has 1 fully saturated rings. The molecule has 3 aliphatic rings. The van der Waals surface area contributed by atoms with Crippen molar-refractivity contribution in [2.24, 2.45) is 11.5 Å². The molecule has 3 heterocycles. The molecule has 0 bridgehead atoms. The molecule has 4 aromatic rings. The first-order valence-electron chi connectivity index (χ1n) is 20.0. The molecule has 1 saturated heterocycles. The Morgan fingerprint density at radius 1 is 0.667 bits per heavy atom. The average molecular weight is 898 g/mol. The maximum atomic E-state index is 13.0. The van der Waals surface area contributed by atoms with Crippen LogP contribution in [0.5, 0.6) is 0 Å². The van der Waals surface area contributed by atoms with Crippen LogP contribution >= 0.6 is 22.7 Å². The van der Waals surface area contributed by atoms with Crippen molar-refractivity contribution in [2.45, 2.75) is 75.0 Å². The number of primary amides is 2. The van der Waals surface area contributed by atoms with Crippen molar-refractivity contribution in [1.82, 2.24) is 13.5 Å². The van der Waals surface area contributed by atoms with Gasteiger partial charge in [0.2, 0.25) is 20.0 Å². The van der Waals surface area contributed by atoms with Crippen LogP contribution in [0.25, 0.3) is 0 Å². The van der Waals surface area contributed by atoms with Crippen molar-refractivity contribution in [3.63, 3.8) is 0 Å². The van der Waals surface area contributed by atoms with Gasteiger partial charge >= 0.3 is 0 Å². The lowest BCUT2D eigenvalue weighted by Gasteiger charge is -2.31. The number of nitrogens with one attached hydrogen (secondary N) is 2. The van der Waals surface area contributed by atoms with E-state index >= 15 is 0 Å². The molecule has 6 N–H and O–H groups in total. The van der Waals surface area contributed by atoms with Crippen molar-refractivity contribution >= 4 is 76.4 Å². The molecule has 19 heteroatoms. The van der Waals surface area contributed by atoms with Crippen molar-refractivity contribution < 1.29 is 36.0 Å². The largest absolute Gasteiger partial charge is 0.365 e. The fourth-order valence-electron chi connectivity index (χ4n) is 7.67. The molecule has 322 valence electrons. The monoisotopic (exact) mass is 897 g/mol. The number of fused-ring (bicyclic) bond motifs is 2. The van der Waals surface area contributed by atoms with Gasteiger partial charge in [-0.1, -0.05) is 26.0 Å². The molecule has 0 atom stereocenters. The van der Waals surface area contributed by atoms with Crippen molar-refractivity contribution in [3.05, 3.63) is 91.7 Å². The number of carbonyl (C=O) groups excluding carboxylic acids is 4. The predicted octanol–water partition coefficient (Wildman–Crippen LogP) is 4.92. The third kappa shape index (κ3) is 9.67. The zero-order valence-corrected chi connectivity index (χ0v) is 37.2. The zero-order valence-electron chi connectivity index (χ0n) is 33.9. The summed E-state index contributed by atoms with van der Waals surface area (Å²) in [5.41, 5.74) is 14.2. The Bertz CT molecular complexity index is 2500. The van der Waals surface area contributed by atoms with E-state index in [1.54, 1.807) is 38.1 Å². The standard InChI is InChI=1S/C21H26N4O4S2.C20H25N3O4S2/c1-24-9-11-25(12-10-24)31(28,29)15-6-4-5-14(13-15)20(27)23-21-18(19(22)26)16-7-2-3-8-17(16)30-21;1-3-23(4-2)29(26,27)14-9-7-8-13(12-14)19(25)22-20-17(18(21)24)15-10-5-6-11-16(15)28-20/h4-6,13H,2-3,7-12H2,1H3,(H2,22,26)(H,23,27);7-9,12H,3-6,10-11H2,1-2H3,(H2,21,24)(H,22,25). The highest BCUT2D eigenvalue weighted by Crippen LogP contribution is 2.39. The second-order valence-electron chi connectivity index (χ2n) is 14.8. The number of hydrogen-bond acceptors (Lipinski definition) is 11. The van der Waals surface area contributed by atoms with E-state index in [1.807, 2.05) is 7.05 Å². The van der Waals surface area contributed by atoms with E-state index in [0.717, 1.165) is 72.2 Å². The summed E-state index contributed by atoms with van der Waals surface area (Å²) in [6, 6.07) is 11.9. The SMILES string of the molecule is CCN(CC)S(=O)(=O)c1cccc(C(=O)Nc2sc3c(c2C(N)=O)CCCC3)c1.CN1CCN(S(=O)(=O)c2cccc(C(=O)Nc3sc4c(c3C(N)=O)CCCC4)c2)CC1. The third-order valence-corrected chi connectivity index (χ3v) is 17.3. The van der Waals surface area contributed by atoms with E-state index < -0.39 is 43.7 Å². The molecule has 15 nitrogen and oxygen atoms in total. The Labute approximate surface area is 359 Å². The Balaban J connectivity index is 0.000000202. The molecule has 0 unspecified atom stereocenters. The molecular formula is C41H51N7O8S4. The summed E-state index contributed by atoms with van der Waals surface area (Å²) in [6.45, 7) is 6.38. The first-order valence-corrected chi connectivity index (χ1v) is 24.5. The van der Waals surface area contributed by atoms with Gasteiger partial charge in [0.25, 0.3) is 23.6 Å². The van der Waals surface area contributed by atoms with Gasteiger partial charge in [-0.25, -0.2) is 16.8 Å². The minimum Gasteiger partial charge on any atom is -0.365 e. The smallest absolute Gasteiger partial charge is 0.256 e. The normalized spacial score (nSPS) is 15.9. The molecule has 0 spiro atoms. The third-order valence-electron chi connectivity index (χ3n) is 10.9. The van der Waals surface area contributed by atoms with Crippen LogP contribution < -0.4 is 22.1 Å². The summed E-state index contributed by atoms with van der Waals surface area (Å²) >= 11 is 2.76. The van der Waals surface area contributed by atoms with E-state index in [2.05, 4.69) is 15.5 Å². The molecule has 1 aliphatic heterocycles. The lowest BCUT2D eigenvalue weighted by atomic mass is 9.95. The number of amides is 4. The molecule has 2 aromatic carbocycles. The maximum absolute atomic E-state index is 13.0. The molecule has 4 amide bonds. The molecule has 2 aliphatic carbocycles. The van der Waals surface area contributed by atoms with Gasteiger partial charge in [-0.3, -0.25) is 19.2 Å². The summed E-state index contributed by atoms with van der Waals surface area (Å²) in [7, 11) is -5.40. The van der Waals surface area contributed by atoms with Gasteiger partial charge in [-0.2, -0.15) is 8.61 Å². The van der Waals surface area contributed by atoms with Crippen LogP contribution in [0.3, 0.4) is 0 Å². The van der Waals surface area contributed by atoms with E-state index in [1.165, 1.54) is 55.5 Å². The molecule has 7 rings (SSSR count). The highest BCUT2D eigenvalue weighted by Gasteiger charge is 2.30. The van der Waals surface area contributed by atoms with E-state index in [4.69, 9.17) is 11.5 Å². The summed E-state index contributed by atoms with van der Waals surface area (Å²) in [5, 5.41) is 6.44. The number of aryl methyl sites for hydroxylation is 2. The van der Waals surface area contributed by atoms with Crippen LogP contribution in [0.1, 0.15) is 102 Å². The Hall–Kier alpha value is -4.50.